The minimum Gasteiger partial charge on any atom is -0.492 e. The van der Waals surface area contributed by atoms with Crippen LogP contribution in [0.15, 0.2) is 47.4 Å². The molecule has 0 aliphatic carbocycles. The molecule has 2 aliphatic rings. The van der Waals surface area contributed by atoms with E-state index in [-0.39, 0.29) is 10.8 Å². The fourth-order valence-electron chi connectivity index (χ4n) is 4.26. The molecule has 154 valence electrons. The third kappa shape index (κ3) is 3.89. The van der Waals surface area contributed by atoms with E-state index in [9.17, 15) is 13.2 Å². The van der Waals surface area contributed by atoms with Gasteiger partial charge in [0.05, 0.1) is 10.3 Å². The van der Waals surface area contributed by atoms with Crippen LogP contribution in [0.4, 0.5) is 5.69 Å². The Bertz CT molecular complexity index is 1020. The number of aryl methyl sites for hydroxylation is 1. The number of hydrogen-bond donors (Lipinski definition) is 1. The maximum atomic E-state index is 12.7. The molecule has 0 radical (unpaired) electrons. The van der Waals surface area contributed by atoms with E-state index in [0.29, 0.717) is 12.4 Å². The third-order valence-corrected chi connectivity index (χ3v) is 7.14. The topological polar surface area (TPSA) is 75.7 Å². The predicted molar refractivity (Wildman–Crippen MR) is 112 cm³/mol. The maximum absolute atomic E-state index is 12.7. The van der Waals surface area contributed by atoms with Crippen LogP contribution in [0.1, 0.15) is 24.0 Å². The molecule has 0 bridgehead atoms. The van der Waals surface area contributed by atoms with E-state index in [1.165, 1.54) is 11.8 Å². The molecule has 2 aromatic carbocycles. The summed E-state index contributed by atoms with van der Waals surface area (Å²) in [5.74, 6) is 0.783. The number of sulfone groups is 1. The third-order valence-electron chi connectivity index (χ3n) is 6.01. The average Bonchev–Trinajstić information content (AvgIpc) is 2.94. The molecule has 4 rings (SSSR count). The van der Waals surface area contributed by atoms with Crippen molar-refractivity contribution in [2.24, 2.45) is 0 Å². The van der Waals surface area contributed by atoms with Gasteiger partial charge in [-0.2, -0.15) is 0 Å². The van der Waals surface area contributed by atoms with E-state index in [1.807, 2.05) is 12.1 Å². The lowest BCUT2D eigenvalue weighted by Crippen LogP contribution is -2.47. The van der Waals surface area contributed by atoms with E-state index in [0.717, 1.165) is 43.7 Å². The lowest BCUT2D eigenvalue weighted by molar-refractivity contribution is -0.122. The highest BCUT2D eigenvalue weighted by atomic mass is 32.2. The molecule has 0 unspecified atom stereocenters. The molecule has 1 saturated heterocycles. The second kappa shape index (κ2) is 7.46. The van der Waals surface area contributed by atoms with E-state index in [2.05, 4.69) is 23.2 Å². The Morgan fingerprint density at radius 1 is 1.10 bits per heavy atom. The van der Waals surface area contributed by atoms with Gasteiger partial charge in [0.15, 0.2) is 9.84 Å². The highest BCUT2D eigenvalue weighted by Gasteiger charge is 2.48. The molecule has 0 atom stereocenters. The number of nitrogens with zero attached hydrogens (tertiary/aromatic N) is 1. The summed E-state index contributed by atoms with van der Waals surface area (Å²) in [4.78, 5) is 15.3. The second-order valence-electron chi connectivity index (χ2n) is 8.02. The van der Waals surface area contributed by atoms with Gasteiger partial charge in [-0.25, -0.2) is 8.42 Å². The van der Waals surface area contributed by atoms with Crippen LogP contribution in [0.2, 0.25) is 0 Å². The minimum absolute atomic E-state index is 0.125. The van der Waals surface area contributed by atoms with Gasteiger partial charge in [-0.1, -0.05) is 17.7 Å². The van der Waals surface area contributed by atoms with Gasteiger partial charge in [0, 0.05) is 18.5 Å². The summed E-state index contributed by atoms with van der Waals surface area (Å²) in [5.41, 5.74) is 2.87. The molecule has 2 aliphatic heterocycles. The Labute approximate surface area is 171 Å². The summed E-state index contributed by atoms with van der Waals surface area (Å²) in [6, 6.07) is 12.7. The first-order valence-electron chi connectivity index (χ1n) is 9.86. The molecule has 0 aromatic heterocycles. The molecule has 2 aromatic rings. The molecule has 0 saturated carbocycles. The number of hydrogen-bond acceptors (Lipinski definition) is 5. The smallest absolute Gasteiger partial charge is 0.235 e. The van der Waals surface area contributed by atoms with Gasteiger partial charge < -0.3 is 10.1 Å². The molecule has 1 amide bonds. The van der Waals surface area contributed by atoms with Crippen LogP contribution in [-0.2, 0) is 20.0 Å². The van der Waals surface area contributed by atoms with Crippen LogP contribution in [0.3, 0.4) is 0 Å². The zero-order valence-corrected chi connectivity index (χ0v) is 17.6. The van der Waals surface area contributed by atoms with E-state index >= 15 is 0 Å². The number of carbonyl (C=O) groups is 1. The van der Waals surface area contributed by atoms with Crippen LogP contribution in [-0.4, -0.2) is 51.7 Å². The fraction of sp³-hybridized carbons (Fsp3) is 0.409. The normalized spacial score (nSPS) is 18.5. The molecule has 1 N–H and O–H groups in total. The van der Waals surface area contributed by atoms with E-state index in [1.54, 1.807) is 24.3 Å². The molecular formula is C22H26N2O4S. The van der Waals surface area contributed by atoms with Crippen molar-refractivity contribution in [3.05, 3.63) is 53.6 Å². The van der Waals surface area contributed by atoms with Gasteiger partial charge >= 0.3 is 0 Å². The number of fused-ring (bicyclic) bond motifs is 2. The molecule has 7 heteroatoms. The Morgan fingerprint density at radius 2 is 1.79 bits per heavy atom. The van der Waals surface area contributed by atoms with Crippen LogP contribution < -0.4 is 10.1 Å². The number of rotatable bonds is 5. The zero-order chi connectivity index (χ0) is 20.6. The van der Waals surface area contributed by atoms with Crippen molar-refractivity contribution in [3.63, 3.8) is 0 Å². The number of anilines is 1. The predicted octanol–water partition coefficient (Wildman–Crippen LogP) is 2.76. The standard InChI is InChI=1S/C22H26N2O4S/c1-16-3-8-20-19(15-16)22(21(25)23-20)9-11-24(12-10-22)13-14-28-17-4-6-18(7-5-17)29(2,26)27/h3-8,15H,9-14H2,1-2H3,(H,23,25). The van der Waals surface area contributed by atoms with Gasteiger partial charge in [-0.3, -0.25) is 9.69 Å². The summed E-state index contributed by atoms with van der Waals surface area (Å²) in [6.07, 6.45) is 2.80. The number of piperidine rings is 1. The van der Waals surface area contributed by atoms with Gasteiger partial charge in [-0.05, 0) is 68.8 Å². The molecular weight excluding hydrogens is 388 g/mol. The van der Waals surface area contributed by atoms with Crippen LogP contribution >= 0.6 is 0 Å². The average molecular weight is 415 g/mol. The van der Waals surface area contributed by atoms with Crippen molar-refractivity contribution in [2.45, 2.75) is 30.1 Å². The van der Waals surface area contributed by atoms with Crippen LogP contribution in [0.25, 0.3) is 0 Å². The first kappa shape index (κ1) is 19.9. The summed E-state index contributed by atoms with van der Waals surface area (Å²) < 4.78 is 28.8. The molecule has 29 heavy (non-hydrogen) atoms. The van der Waals surface area contributed by atoms with Gasteiger partial charge in [-0.15, -0.1) is 0 Å². The van der Waals surface area contributed by atoms with Crippen molar-refractivity contribution in [2.75, 3.05) is 37.8 Å². The number of amides is 1. The second-order valence-corrected chi connectivity index (χ2v) is 10.0. The van der Waals surface area contributed by atoms with Gasteiger partial charge in [0.2, 0.25) is 5.91 Å². The number of carbonyl (C=O) groups excluding carboxylic acids is 1. The molecule has 2 heterocycles. The highest BCUT2D eigenvalue weighted by Crippen LogP contribution is 2.45. The largest absolute Gasteiger partial charge is 0.492 e. The fourth-order valence-corrected chi connectivity index (χ4v) is 4.89. The zero-order valence-electron chi connectivity index (χ0n) is 16.8. The van der Waals surface area contributed by atoms with Crippen LogP contribution in [0, 0.1) is 6.92 Å². The maximum Gasteiger partial charge on any atom is 0.235 e. The van der Waals surface area contributed by atoms with Gasteiger partial charge in [0.1, 0.15) is 12.4 Å². The monoisotopic (exact) mass is 414 g/mol. The van der Waals surface area contributed by atoms with Crippen molar-refractivity contribution in [1.82, 2.24) is 4.90 Å². The molecule has 1 fully saturated rings. The molecule has 1 spiro atoms. The van der Waals surface area contributed by atoms with E-state index in [4.69, 9.17) is 4.74 Å². The van der Waals surface area contributed by atoms with Crippen molar-refractivity contribution in [3.8, 4) is 5.75 Å². The summed E-state index contributed by atoms with van der Waals surface area (Å²) >= 11 is 0. The Balaban J connectivity index is 1.32. The summed E-state index contributed by atoms with van der Waals surface area (Å²) in [5, 5.41) is 3.05. The Kier molecular flexibility index (Phi) is 5.12. The van der Waals surface area contributed by atoms with Crippen molar-refractivity contribution >= 4 is 21.4 Å². The lowest BCUT2D eigenvalue weighted by atomic mass is 9.73. The minimum atomic E-state index is -3.19. The summed E-state index contributed by atoms with van der Waals surface area (Å²) in [6.45, 7) is 5.04. The highest BCUT2D eigenvalue weighted by molar-refractivity contribution is 7.90. The Morgan fingerprint density at radius 3 is 2.45 bits per heavy atom. The molecule has 6 nitrogen and oxygen atoms in total. The van der Waals surface area contributed by atoms with Crippen molar-refractivity contribution < 1.29 is 17.9 Å². The van der Waals surface area contributed by atoms with Gasteiger partial charge in [0.25, 0.3) is 0 Å². The SMILES string of the molecule is Cc1ccc2c(c1)C1(CCN(CCOc3ccc(S(C)(=O)=O)cc3)CC1)C(=O)N2. The van der Waals surface area contributed by atoms with Crippen LogP contribution in [0.5, 0.6) is 5.75 Å². The summed E-state index contributed by atoms with van der Waals surface area (Å²) in [7, 11) is -3.19. The number of likely N-dealkylation sites (tertiary alicyclic amines) is 1. The van der Waals surface area contributed by atoms with E-state index < -0.39 is 15.3 Å². The quantitative estimate of drug-likeness (QED) is 0.814. The number of ether oxygens (including phenoxy) is 1. The Hall–Kier alpha value is -2.38. The first-order valence-corrected chi connectivity index (χ1v) is 11.7. The van der Waals surface area contributed by atoms with Crippen molar-refractivity contribution in [1.29, 1.82) is 0 Å². The first-order chi connectivity index (χ1) is 13.8. The lowest BCUT2D eigenvalue weighted by Gasteiger charge is -2.38. The number of benzene rings is 2. The number of nitrogens with one attached hydrogen (secondary N) is 1.